The number of aryl methyl sites for hydroxylation is 2. The molecule has 332 valence electrons. The number of aliphatic hydroxyl groups excluding tert-OH is 4. The third-order valence-electron chi connectivity index (χ3n) is 14.2. The smallest absolute Gasteiger partial charge is 0.226 e. The summed E-state index contributed by atoms with van der Waals surface area (Å²) in [5.41, 5.74) is 0.797. The Morgan fingerprint density at radius 3 is 2.58 bits per heavy atom. The summed E-state index contributed by atoms with van der Waals surface area (Å²) in [4.78, 5) is 45.6. The first-order chi connectivity index (χ1) is 29.8. The number of benzene rings is 1. The molecule has 2 aliphatic heterocycles. The van der Waals surface area contributed by atoms with Crippen molar-refractivity contribution in [3.63, 3.8) is 0 Å². The van der Waals surface area contributed by atoms with Gasteiger partial charge in [0, 0.05) is 60.5 Å². The van der Waals surface area contributed by atoms with Crippen molar-refractivity contribution in [1.82, 2.24) is 24.4 Å². The number of nitrogens with one attached hydrogen (secondary N) is 3. The summed E-state index contributed by atoms with van der Waals surface area (Å²) in [7, 11) is 0. The summed E-state index contributed by atoms with van der Waals surface area (Å²) in [5, 5.41) is 59.5. The number of H-pyrrole nitrogens is 2. The minimum Gasteiger partial charge on any atom is -0.482 e. The zero-order valence-electron chi connectivity index (χ0n) is 35.4. The molecule has 1 amide bonds. The SMILES string of the molecule is CCc1c2cc[nH]c2cn1-c1c2c(cc3c(=O)cc(C)oc13)CC(OOCC(O)C(O)(Cn1ccc3[nH]ccc31)C(O)C(O)CO)C(C)(CCC1CNC(=O)C13CCCCC3)O2. The zero-order valence-corrected chi connectivity index (χ0v) is 35.4. The minimum absolute atomic E-state index is 0.0591. The lowest BCUT2D eigenvalue weighted by molar-refractivity contribution is -0.365. The van der Waals surface area contributed by atoms with Gasteiger partial charge in [-0.25, -0.2) is 9.78 Å². The lowest BCUT2D eigenvalue weighted by Gasteiger charge is -2.44. The normalized spacial score (nSPS) is 23.7. The molecule has 62 heavy (non-hydrogen) atoms. The van der Waals surface area contributed by atoms with Crippen molar-refractivity contribution in [3.8, 4) is 11.4 Å². The summed E-state index contributed by atoms with van der Waals surface area (Å²) in [5.74, 6) is 1.14. The van der Waals surface area contributed by atoms with E-state index in [2.05, 4.69) is 22.2 Å². The molecular formula is C46H57N5O11. The van der Waals surface area contributed by atoms with Gasteiger partial charge in [0.1, 0.15) is 53.7 Å². The van der Waals surface area contributed by atoms with Gasteiger partial charge in [0.2, 0.25) is 5.91 Å². The number of aromatic nitrogens is 4. The first-order valence-corrected chi connectivity index (χ1v) is 21.8. The first-order valence-electron chi connectivity index (χ1n) is 21.8. The molecule has 6 aromatic rings. The molecule has 7 heterocycles. The van der Waals surface area contributed by atoms with Crippen LogP contribution in [0.5, 0.6) is 5.75 Å². The van der Waals surface area contributed by atoms with Crippen molar-refractivity contribution in [3.05, 3.63) is 82.4 Å². The van der Waals surface area contributed by atoms with Crippen LogP contribution in [0.25, 0.3) is 38.6 Å². The summed E-state index contributed by atoms with van der Waals surface area (Å²) in [6.45, 7) is 4.43. The van der Waals surface area contributed by atoms with Crippen molar-refractivity contribution in [2.24, 2.45) is 11.3 Å². The monoisotopic (exact) mass is 855 g/mol. The van der Waals surface area contributed by atoms with E-state index in [9.17, 15) is 35.1 Å². The molecule has 5 aromatic heterocycles. The molecule has 16 heteroatoms. The second-order valence-electron chi connectivity index (χ2n) is 18.0. The van der Waals surface area contributed by atoms with Crippen LogP contribution in [0, 0.1) is 18.3 Å². The van der Waals surface area contributed by atoms with Crippen LogP contribution in [0.2, 0.25) is 0 Å². The predicted octanol–water partition coefficient (Wildman–Crippen LogP) is 4.21. The molecule has 1 saturated carbocycles. The molecule has 3 aliphatic rings. The Hall–Kier alpha value is -4.94. The summed E-state index contributed by atoms with van der Waals surface area (Å²) >= 11 is 0. The van der Waals surface area contributed by atoms with E-state index in [1.165, 1.54) is 6.07 Å². The number of carbonyl (C=O) groups excluding carboxylic acids is 1. The van der Waals surface area contributed by atoms with Gasteiger partial charge in [-0.05, 0) is 76.1 Å². The molecule has 1 aromatic carbocycles. The fraction of sp³-hybridized carbons (Fsp3) is 0.522. The number of nitrogens with zero attached hydrogens (tertiary/aromatic N) is 2. The number of amides is 1. The molecular weight excluding hydrogens is 799 g/mol. The highest BCUT2D eigenvalue weighted by molar-refractivity contribution is 5.92. The zero-order chi connectivity index (χ0) is 43.6. The topological polar surface area (TPSA) is 230 Å². The van der Waals surface area contributed by atoms with E-state index in [1.54, 1.807) is 42.1 Å². The van der Waals surface area contributed by atoms with Gasteiger partial charge in [0.15, 0.2) is 16.8 Å². The van der Waals surface area contributed by atoms with Crippen LogP contribution in [-0.4, -0.2) is 106 Å². The maximum Gasteiger partial charge on any atom is 0.226 e. The summed E-state index contributed by atoms with van der Waals surface area (Å²) < 4.78 is 17.3. The third-order valence-corrected chi connectivity index (χ3v) is 14.2. The highest BCUT2D eigenvalue weighted by atomic mass is 17.2. The number of aromatic amines is 2. The van der Waals surface area contributed by atoms with Crippen LogP contribution in [-0.2, 0) is 34.0 Å². The molecule has 9 rings (SSSR count). The number of carbonyl (C=O) groups is 1. The fourth-order valence-corrected chi connectivity index (χ4v) is 10.6. The van der Waals surface area contributed by atoms with Crippen molar-refractivity contribution in [2.45, 2.75) is 121 Å². The number of fused-ring (bicyclic) bond motifs is 4. The van der Waals surface area contributed by atoms with E-state index >= 15 is 0 Å². The Labute approximate surface area is 357 Å². The van der Waals surface area contributed by atoms with E-state index in [0.29, 0.717) is 65.1 Å². The van der Waals surface area contributed by atoms with Crippen molar-refractivity contribution in [1.29, 1.82) is 0 Å². The van der Waals surface area contributed by atoms with E-state index in [1.807, 2.05) is 30.0 Å². The van der Waals surface area contributed by atoms with Crippen LogP contribution in [0.3, 0.4) is 0 Å². The lowest BCUT2D eigenvalue weighted by Crippen LogP contribution is -2.61. The van der Waals surface area contributed by atoms with E-state index in [0.717, 1.165) is 54.2 Å². The number of hydrogen-bond acceptors (Lipinski definition) is 11. The maximum absolute atomic E-state index is 13.7. The molecule has 7 atom stereocenters. The number of aliphatic hydroxyl groups is 5. The molecule has 1 saturated heterocycles. The van der Waals surface area contributed by atoms with Crippen LogP contribution in [0.1, 0.15) is 75.8 Å². The molecule has 1 spiro atoms. The van der Waals surface area contributed by atoms with Gasteiger partial charge < -0.3 is 59.1 Å². The lowest BCUT2D eigenvalue weighted by atomic mass is 9.65. The van der Waals surface area contributed by atoms with Gasteiger partial charge in [-0.2, -0.15) is 0 Å². The second kappa shape index (κ2) is 16.3. The molecule has 16 nitrogen and oxygen atoms in total. The van der Waals surface area contributed by atoms with Gasteiger partial charge >= 0.3 is 0 Å². The van der Waals surface area contributed by atoms with Gasteiger partial charge in [-0.15, -0.1) is 0 Å². The largest absolute Gasteiger partial charge is 0.482 e. The highest BCUT2D eigenvalue weighted by Gasteiger charge is 2.53. The average molecular weight is 856 g/mol. The quantitative estimate of drug-likeness (QED) is 0.0539. The minimum atomic E-state index is -2.41. The molecule has 2 fully saturated rings. The van der Waals surface area contributed by atoms with Crippen molar-refractivity contribution < 1.29 is 49.3 Å². The molecule has 0 bridgehead atoms. The summed E-state index contributed by atoms with van der Waals surface area (Å²) in [6.07, 6.45) is 7.53. The van der Waals surface area contributed by atoms with E-state index < -0.39 is 54.2 Å². The number of rotatable bonds is 15. The average Bonchev–Trinajstić information content (AvgIpc) is 4.10. The Morgan fingerprint density at radius 1 is 1.03 bits per heavy atom. The van der Waals surface area contributed by atoms with Gasteiger partial charge in [0.05, 0.1) is 40.5 Å². The maximum atomic E-state index is 13.7. The van der Waals surface area contributed by atoms with Gasteiger partial charge in [-0.3, -0.25) is 9.59 Å². The van der Waals surface area contributed by atoms with E-state index in [4.69, 9.17) is 18.9 Å². The Balaban J connectivity index is 1.08. The van der Waals surface area contributed by atoms with Crippen LogP contribution in [0.4, 0.5) is 0 Å². The summed E-state index contributed by atoms with van der Waals surface area (Å²) in [6, 6.07) is 8.79. The Kier molecular flexibility index (Phi) is 11.1. The standard InChI is InChI=1S/C46H57N5O11/c1-4-33-29-9-15-48-32(29)22-51(33)39-40-27(19-30-35(53)18-26(2)60-41(30)39)20-38(44(3,61-40)14-8-28-21-49-43(57)45(28)12-6-5-7-13-45)62-59-24-37(55)46(58,42(56)36(54)23-52)25-50-17-11-31-34(50)10-16-47-31/h9-11,15-19,22,28,36-38,42,47-48,52,54-56,58H,4-8,12-14,20-21,23-25H2,1-3H3,(H,49,57). The Morgan fingerprint density at radius 2 is 1.81 bits per heavy atom. The molecule has 7 unspecified atom stereocenters. The van der Waals surface area contributed by atoms with Crippen molar-refractivity contribution >= 4 is 38.8 Å². The number of ether oxygens (including phenoxy) is 1. The number of hydrogen-bond donors (Lipinski definition) is 8. The first kappa shape index (κ1) is 42.4. The van der Waals surface area contributed by atoms with Crippen molar-refractivity contribution in [2.75, 3.05) is 19.8 Å². The van der Waals surface area contributed by atoms with Crippen LogP contribution >= 0.6 is 0 Å². The second-order valence-corrected chi connectivity index (χ2v) is 18.0. The molecule has 8 N–H and O–H groups in total. The highest BCUT2D eigenvalue weighted by Crippen LogP contribution is 2.50. The predicted molar refractivity (Wildman–Crippen MR) is 229 cm³/mol. The fourth-order valence-electron chi connectivity index (χ4n) is 10.6. The molecule has 1 aliphatic carbocycles. The van der Waals surface area contributed by atoms with Gasteiger partial charge in [0.25, 0.3) is 0 Å². The van der Waals surface area contributed by atoms with Gasteiger partial charge in [-0.1, -0.05) is 26.2 Å². The van der Waals surface area contributed by atoms with E-state index in [-0.39, 0.29) is 30.2 Å². The van der Waals surface area contributed by atoms with Crippen LogP contribution < -0.4 is 15.5 Å². The third kappa shape index (κ3) is 7.05. The Bertz CT molecular complexity index is 2650. The van der Waals surface area contributed by atoms with Crippen LogP contribution in [0.15, 0.2) is 64.3 Å². The molecule has 0 radical (unpaired) electrons.